The van der Waals surface area contributed by atoms with E-state index in [1.54, 1.807) is 18.2 Å². The minimum atomic E-state index is -0.792. The molecule has 0 bridgehead atoms. The summed E-state index contributed by atoms with van der Waals surface area (Å²) in [5, 5.41) is 11.4. The minimum absolute atomic E-state index is 0.179. The molecular formula is C10H6BrClN2O2. The van der Waals surface area contributed by atoms with Crippen LogP contribution in [0.15, 0.2) is 22.8 Å². The molecule has 0 saturated carbocycles. The first-order valence-corrected chi connectivity index (χ1v) is 5.45. The molecule has 0 spiro atoms. The van der Waals surface area contributed by atoms with Gasteiger partial charge in [-0.15, -0.1) is 0 Å². The maximum atomic E-state index is 11.0. The van der Waals surface area contributed by atoms with Crippen LogP contribution in [0.5, 0.6) is 5.75 Å². The minimum Gasteiger partial charge on any atom is -0.505 e. The highest BCUT2D eigenvalue weighted by Crippen LogP contribution is 2.33. The monoisotopic (exact) mass is 300 g/mol. The van der Waals surface area contributed by atoms with E-state index >= 15 is 0 Å². The first kappa shape index (κ1) is 11.2. The van der Waals surface area contributed by atoms with Crippen LogP contribution >= 0.6 is 27.5 Å². The molecular weight excluding hydrogens is 295 g/mol. The summed E-state index contributed by atoms with van der Waals surface area (Å²) < 4.78 is 0.436. The molecule has 4 nitrogen and oxygen atoms in total. The number of hydrogen-bond donors (Lipinski definition) is 2. The van der Waals surface area contributed by atoms with Gasteiger partial charge >= 0.3 is 0 Å². The molecule has 82 valence electrons. The van der Waals surface area contributed by atoms with Crippen LogP contribution in [-0.2, 0) is 0 Å². The summed E-state index contributed by atoms with van der Waals surface area (Å²) >= 11 is 9.01. The fraction of sp³-hybridized carbons (Fsp3) is 0. The lowest BCUT2D eigenvalue weighted by molar-refractivity contribution is 0.0993. The van der Waals surface area contributed by atoms with Crippen molar-refractivity contribution in [2.75, 3.05) is 0 Å². The van der Waals surface area contributed by atoms with E-state index < -0.39 is 5.91 Å². The third-order valence-electron chi connectivity index (χ3n) is 2.13. The first-order valence-electron chi connectivity index (χ1n) is 4.28. The number of nitrogens with two attached hydrogens (primary N) is 1. The van der Waals surface area contributed by atoms with Gasteiger partial charge in [-0.25, -0.2) is 4.98 Å². The number of carbonyl (C=O) groups is 1. The third-order valence-corrected chi connectivity index (χ3v) is 2.97. The van der Waals surface area contributed by atoms with E-state index in [0.717, 1.165) is 0 Å². The SMILES string of the molecule is NC(=O)c1nc(Br)c2ccc(Cl)cc2c1O. The number of pyridine rings is 1. The number of aromatic nitrogens is 1. The highest BCUT2D eigenvalue weighted by molar-refractivity contribution is 9.10. The summed E-state index contributed by atoms with van der Waals surface area (Å²) in [5.74, 6) is -1.05. The molecule has 0 atom stereocenters. The molecule has 1 aromatic heterocycles. The number of nitrogens with zero attached hydrogens (tertiary/aromatic N) is 1. The Balaban J connectivity index is 2.91. The number of halogens is 2. The highest BCUT2D eigenvalue weighted by atomic mass is 79.9. The second-order valence-corrected chi connectivity index (χ2v) is 4.34. The number of fused-ring (bicyclic) bond motifs is 1. The molecule has 1 aromatic carbocycles. The third kappa shape index (κ3) is 1.72. The average molecular weight is 302 g/mol. The molecule has 0 aliphatic heterocycles. The van der Waals surface area contributed by atoms with Crippen LogP contribution < -0.4 is 5.73 Å². The van der Waals surface area contributed by atoms with E-state index in [4.69, 9.17) is 17.3 Å². The van der Waals surface area contributed by atoms with Crippen LogP contribution in [0.1, 0.15) is 10.5 Å². The summed E-state index contributed by atoms with van der Waals surface area (Å²) in [6, 6.07) is 4.91. The van der Waals surface area contributed by atoms with Crippen LogP contribution in [0.3, 0.4) is 0 Å². The van der Waals surface area contributed by atoms with Gasteiger partial charge in [0.05, 0.1) is 0 Å². The molecule has 0 unspecified atom stereocenters. The van der Waals surface area contributed by atoms with Crippen LogP contribution in [0.4, 0.5) is 0 Å². The maximum absolute atomic E-state index is 11.0. The van der Waals surface area contributed by atoms with Crippen molar-refractivity contribution in [2.45, 2.75) is 0 Å². The first-order chi connectivity index (χ1) is 7.50. The Morgan fingerprint density at radius 2 is 2.12 bits per heavy atom. The molecule has 0 saturated heterocycles. The molecule has 3 N–H and O–H groups in total. The smallest absolute Gasteiger partial charge is 0.271 e. The Kier molecular flexibility index (Phi) is 2.73. The van der Waals surface area contributed by atoms with Gasteiger partial charge in [-0.1, -0.05) is 17.7 Å². The zero-order valence-electron chi connectivity index (χ0n) is 7.87. The fourth-order valence-electron chi connectivity index (χ4n) is 1.40. The van der Waals surface area contributed by atoms with Crippen molar-refractivity contribution in [3.8, 4) is 5.75 Å². The van der Waals surface area contributed by atoms with E-state index in [2.05, 4.69) is 20.9 Å². The van der Waals surface area contributed by atoms with Crippen LogP contribution in [0.25, 0.3) is 10.8 Å². The van der Waals surface area contributed by atoms with Crippen molar-refractivity contribution >= 4 is 44.2 Å². The zero-order valence-corrected chi connectivity index (χ0v) is 10.2. The highest BCUT2D eigenvalue weighted by Gasteiger charge is 2.15. The van der Waals surface area contributed by atoms with Crippen molar-refractivity contribution in [1.29, 1.82) is 0 Å². The normalized spacial score (nSPS) is 10.6. The topological polar surface area (TPSA) is 76.2 Å². The number of amides is 1. The van der Waals surface area contributed by atoms with Crippen molar-refractivity contribution < 1.29 is 9.90 Å². The maximum Gasteiger partial charge on any atom is 0.271 e. The van der Waals surface area contributed by atoms with Gasteiger partial charge in [0.15, 0.2) is 11.4 Å². The van der Waals surface area contributed by atoms with Gasteiger partial charge in [-0.2, -0.15) is 0 Å². The van der Waals surface area contributed by atoms with Crippen LogP contribution in [-0.4, -0.2) is 16.0 Å². The van der Waals surface area contributed by atoms with Gasteiger partial charge < -0.3 is 10.8 Å². The van der Waals surface area contributed by atoms with E-state index in [0.29, 0.717) is 20.4 Å². The summed E-state index contributed by atoms with van der Waals surface area (Å²) in [6.45, 7) is 0. The lowest BCUT2D eigenvalue weighted by Gasteiger charge is -2.06. The second kappa shape index (κ2) is 3.92. The summed E-state index contributed by atoms with van der Waals surface area (Å²) in [4.78, 5) is 14.9. The predicted molar refractivity (Wildman–Crippen MR) is 64.6 cm³/mol. The lowest BCUT2D eigenvalue weighted by atomic mass is 10.1. The molecule has 16 heavy (non-hydrogen) atoms. The number of carbonyl (C=O) groups excluding carboxylic acids is 1. The van der Waals surface area contributed by atoms with E-state index in [-0.39, 0.29) is 11.4 Å². The molecule has 0 aliphatic carbocycles. The molecule has 1 heterocycles. The molecule has 1 amide bonds. The molecule has 6 heteroatoms. The largest absolute Gasteiger partial charge is 0.505 e. The van der Waals surface area contributed by atoms with Crippen LogP contribution in [0.2, 0.25) is 5.02 Å². The number of aromatic hydroxyl groups is 1. The Hall–Kier alpha value is -1.33. The Morgan fingerprint density at radius 1 is 1.44 bits per heavy atom. The Morgan fingerprint density at radius 3 is 2.75 bits per heavy atom. The van der Waals surface area contributed by atoms with E-state index in [1.807, 2.05) is 0 Å². The number of hydrogen-bond acceptors (Lipinski definition) is 3. The molecule has 0 fully saturated rings. The van der Waals surface area contributed by atoms with Gasteiger partial charge in [-0.05, 0) is 28.1 Å². The lowest BCUT2D eigenvalue weighted by Crippen LogP contribution is -2.13. The van der Waals surface area contributed by atoms with Gasteiger partial charge in [-0.3, -0.25) is 4.79 Å². The van der Waals surface area contributed by atoms with Crippen LogP contribution in [0, 0.1) is 0 Å². The molecule has 2 aromatic rings. The molecule has 2 rings (SSSR count). The van der Waals surface area contributed by atoms with Gasteiger partial charge in [0, 0.05) is 15.8 Å². The van der Waals surface area contributed by atoms with Crippen molar-refractivity contribution in [1.82, 2.24) is 4.98 Å². The number of primary amides is 1. The number of benzene rings is 1. The standard InChI is InChI=1S/C10H6BrClN2O2/c11-9-5-2-1-4(12)3-6(5)8(15)7(14-9)10(13)16/h1-3,15H,(H2,13,16). The predicted octanol–water partition coefficient (Wildman–Crippen LogP) is 2.46. The average Bonchev–Trinajstić information content (AvgIpc) is 2.22. The van der Waals surface area contributed by atoms with Gasteiger partial charge in [0.1, 0.15) is 4.60 Å². The fourth-order valence-corrected chi connectivity index (χ4v) is 2.10. The van der Waals surface area contributed by atoms with Crippen molar-refractivity contribution in [3.63, 3.8) is 0 Å². The summed E-state index contributed by atoms with van der Waals surface area (Å²) in [5.41, 5.74) is 4.92. The Labute approximate surface area is 104 Å². The zero-order chi connectivity index (χ0) is 11.9. The quantitative estimate of drug-likeness (QED) is 0.794. The van der Waals surface area contributed by atoms with Gasteiger partial charge in [0.25, 0.3) is 5.91 Å². The Bertz CT molecular complexity index is 601. The molecule has 0 aliphatic rings. The summed E-state index contributed by atoms with van der Waals surface area (Å²) in [6.07, 6.45) is 0. The van der Waals surface area contributed by atoms with Gasteiger partial charge in [0.2, 0.25) is 0 Å². The van der Waals surface area contributed by atoms with Crippen molar-refractivity contribution in [3.05, 3.63) is 33.5 Å². The van der Waals surface area contributed by atoms with Crippen molar-refractivity contribution in [2.24, 2.45) is 5.73 Å². The second-order valence-electron chi connectivity index (χ2n) is 3.15. The van der Waals surface area contributed by atoms with E-state index in [9.17, 15) is 9.90 Å². The number of rotatable bonds is 1. The molecule has 0 radical (unpaired) electrons. The van der Waals surface area contributed by atoms with E-state index in [1.165, 1.54) is 0 Å². The summed E-state index contributed by atoms with van der Waals surface area (Å²) in [7, 11) is 0.